The molecular weight excluding hydrogens is 310 g/mol. The summed E-state index contributed by atoms with van der Waals surface area (Å²) in [6.45, 7) is 1.00. The molecule has 1 saturated heterocycles. The maximum absolute atomic E-state index is 13.9. The molecular formula is C14H14F2N4OS. The first-order chi connectivity index (χ1) is 10.6. The summed E-state index contributed by atoms with van der Waals surface area (Å²) < 4.78 is 27.2. The van der Waals surface area contributed by atoms with Gasteiger partial charge < -0.3 is 4.90 Å². The van der Waals surface area contributed by atoms with Gasteiger partial charge in [-0.1, -0.05) is 0 Å². The number of benzene rings is 1. The van der Waals surface area contributed by atoms with E-state index in [9.17, 15) is 13.6 Å². The van der Waals surface area contributed by atoms with Crippen LogP contribution in [0.15, 0.2) is 24.5 Å². The second kappa shape index (κ2) is 6.43. The summed E-state index contributed by atoms with van der Waals surface area (Å²) in [5, 5.41) is 6.05. The number of carbonyl (C=O) groups is 1. The zero-order chi connectivity index (χ0) is 15.5. The third-order valence-corrected chi connectivity index (χ3v) is 4.86. The van der Waals surface area contributed by atoms with E-state index in [-0.39, 0.29) is 17.0 Å². The van der Waals surface area contributed by atoms with Crippen LogP contribution in [0.5, 0.6) is 0 Å². The van der Waals surface area contributed by atoms with Gasteiger partial charge in [-0.3, -0.25) is 9.89 Å². The Labute approximate surface area is 130 Å². The Morgan fingerprint density at radius 3 is 3.00 bits per heavy atom. The predicted molar refractivity (Wildman–Crippen MR) is 78.5 cm³/mol. The summed E-state index contributed by atoms with van der Waals surface area (Å²) in [6, 6.07) is 3.49. The number of thioether (sulfide) groups is 1. The highest BCUT2D eigenvalue weighted by Crippen LogP contribution is 2.36. The van der Waals surface area contributed by atoms with Gasteiger partial charge in [-0.25, -0.2) is 13.8 Å². The molecule has 1 aliphatic heterocycles. The number of halogens is 2. The van der Waals surface area contributed by atoms with E-state index in [0.717, 1.165) is 12.1 Å². The van der Waals surface area contributed by atoms with Crippen molar-refractivity contribution in [3.05, 3.63) is 47.5 Å². The lowest BCUT2D eigenvalue weighted by Gasteiger charge is -2.19. The third-order valence-electron chi connectivity index (χ3n) is 3.55. The molecule has 1 aromatic heterocycles. The minimum Gasteiger partial charge on any atom is -0.335 e. The molecule has 2 aromatic rings. The number of rotatable bonds is 2. The van der Waals surface area contributed by atoms with Crippen LogP contribution >= 0.6 is 11.8 Å². The number of carbonyl (C=O) groups excluding carboxylic acids is 1. The molecule has 0 radical (unpaired) electrons. The molecule has 1 atom stereocenters. The first kappa shape index (κ1) is 15.0. The first-order valence-electron chi connectivity index (χ1n) is 6.86. The van der Waals surface area contributed by atoms with Crippen LogP contribution in [0.4, 0.5) is 8.78 Å². The van der Waals surface area contributed by atoms with Crippen molar-refractivity contribution in [3.63, 3.8) is 0 Å². The van der Waals surface area contributed by atoms with Gasteiger partial charge in [0, 0.05) is 29.7 Å². The van der Waals surface area contributed by atoms with E-state index in [0.29, 0.717) is 30.8 Å². The number of H-pyrrole nitrogens is 1. The van der Waals surface area contributed by atoms with Crippen LogP contribution in [0, 0.1) is 11.6 Å². The molecule has 1 fully saturated rings. The largest absolute Gasteiger partial charge is 0.335 e. The molecule has 1 aromatic carbocycles. The van der Waals surface area contributed by atoms with Gasteiger partial charge in [0.1, 0.15) is 18.0 Å². The van der Waals surface area contributed by atoms with Crippen molar-refractivity contribution in [1.29, 1.82) is 0 Å². The highest BCUT2D eigenvalue weighted by Gasteiger charge is 2.25. The van der Waals surface area contributed by atoms with Crippen LogP contribution in [0.1, 0.15) is 27.9 Å². The van der Waals surface area contributed by atoms with E-state index in [1.54, 1.807) is 4.90 Å². The molecule has 3 rings (SSSR count). The second-order valence-corrected chi connectivity index (χ2v) is 6.25. The fraction of sp³-hybridized carbons (Fsp3) is 0.357. The standard InChI is InChI=1S/C14H14F2N4OS/c15-9-1-2-11(16)10(7-9)12-3-4-20(5-6-22-12)14(21)13-17-8-18-19-13/h1-2,7-8,12H,3-6H2,(H,17,18,19)/t12-/m1/s1. The fourth-order valence-electron chi connectivity index (χ4n) is 2.44. The number of nitrogens with one attached hydrogen (secondary N) is 1. The van der Waals surface area contributed by atoms with E-state index < -0.39 is 11.6 Å². The smallest absolute Gasteiger partial charge is 0.291 e. The molecule has 0 spiro atoms. The lowest BCUT2D eigenvalue weighted by molar-refractivity contribution is 0.0755. The Morgan fingerprint density at radius 1 is 1.36 bits per heavy atom. The van der Waals surface area contributed by atoms with Crippen LogP contribution in [0.2, 0.25) is 0 Å². The van der Waals surface area contributed by atoms with Gasteiger partial charge in [0.05, 0.1) is 0 Å². The van der Waals surface area contributed by atoms with Crippen LogP contribution in [-0.2, 0) is 0 Å². The van der Waals surface area contributed by atoms with Crippen molar-refractivity contribution in [2.24, 2.45) is 0 Å². The van der Waals surface area contributed by atoms with E-state index in [1.807, 2.05) is 0 Å². The van der Waals surface area contributed by atoms with Crippen molar-refractivity contribution in [2.75, 3.05) is 18.8 Å². The molecule has 116 valence electrons. The summed E-state index contributed by atoms with van der Waals surface area (Å²) in [6.07, 6.45) is 1.84. The van der Waals surface area contributed by atoms with Gasteiger partial charge in [-0.15, -0.1) is 0 Å². The van der Waals surface area contributed by atoms with Gasteiger partial charge in [-0.2, -0.15) is 16.9 Å². The highest BCUT2D eigenvalue weighted by molar-refractivity contribution is 7.99. The first-order valence-corrected chi connectivity index (χ1v) is 7.91. The average Bonchev–Trinajstić information content (AvgIpc) is 2.94. The Balaban J connectivity index is 1.72. The second-order valence-electron chi connectivity index (χ2n) is 4.94. The van der Waals surface area contributed by atoms with Crippen molar-refractivity contribution in [1.82, 2.24) is 20.1 Å². The maximum atomic E-state index is 13.9. The van der Waals surface area contributed by atoms with Crippen molar-refractivity contribution < 1.29 is 13.6 Å². The molecule has 5 nitrogen and oxygen atoms in total. The molecule has 0 saturated carbocycles. The SMILES string of the molecule is O=C(c1ncn[nH]1)N1CCS[C@@H](c2cc(F)ccc2F)CC1. The number of aromatic amines is 1. The summed E-state index contributed by atoms with van der Waals surface area (Å²) in [5.74, 6) is -0.232. The third kappa shape index (κ3) is 3.11. The molecule has 0 aliphatic carbocycles. The van der Waals surface area contributed by atoms with Crippen molar-refractivity contribution in [2.45, 2.75) is 11.7 Å². The molecule has 1 aliphatic rings. The van der Waals surface area contributed by atoms with Crippen molar-refractivity contribution >= 4 is 17.7 Å². The van der Waals surface area contributed by atoms with E-state index in [2.05, 4.69) is 15.2 Å². The van der Waals surface area contributed by atoms with Gasteiger partial charge in [0.2, 0.25) is 5.82 Å². The molecule has 22 heavy (non-hydrogen) atoms. The van der Waals surface area contributed by atoms with Crippen LogP contribution < -0.4 is 0 Å². The minimum absolute atomic E-state index is 0.164. The van der Waals surface area contributed by atoms with Gasteiger partial charge >= 0.3 is 0 Å². The summed E-state index contributed by atoms with van der Waals surface area (Å²) in [5.41, 5.74) is 0.360. The Hall–Kier alpha value is -1.96. The molecule has 0 unspecified atom stereocenters. The van der Waals surface area contributed by atoms with Gasteiger partial charge in [0.25, 0.3) is 5.91 Å². The zero-order valence-electron chi connectivity index (χ0n) is 11.6. The number of amides is 1. The molecule has 8 heteroatoms. The number of aromatic nitrogens is 3. The van der Waals surface area contributed by atoms with Gasteiger partial charge in [-0.05, 0) is 24.6 Å². The molecule has 1 amide bonds. The quantitative estimate of drug-likeness (QED) is 0.921. The van der Waals surface area contributed by atoms with E-state index >= 15 is 0 Å². The molecule has 0 bridgehead atoms. The lowest BCUT2D eigenvalue weighted by atomic mass is 10.1. The average molecular weight is 324 g/mol. The Kier molecular flexibility index (Phi) is 4.37. The normalized spacial score (nSPS) is 19.0. The summed E-state index contributed by atoms with van der Waals surface area (Å²) in [4.78, 5) is 17.7. The zero-order valence-corrected chi connectivity index (χ0v) is 12.4. The highest BCUT2D eigenvalue weighted by atomic mass is 32.2. The number of hydrogen-bond donors (Lipinski definition) is 1. The topological polar surface area (TPSA) is 61.9 Å². The van der Waals surface area contributed by atoms with Crippen LogP contribution in [0.25, 0.3) is 0 Å². The van der Waals surface area contributed by atoms with Gasteiger partial charge in [0.15, 0.2) is 0 Å². The Bertz CT molecular complexity index is 665. The minimum atomic E-state index is -0.448. The Morgan fingerprint density at radius 2 is 2.23 bits per heavy atom. The van der Waals surface area contributed by atoms with Crippen LogP contribution in [0.3, 0.4) is 0 Å². The lowest BCUT2D eigenvalue weighted by Crippen LogP contribution is -2.33. The molecule has 2 heterocycles. The number of hydrogen-bond acceptors (Lipinski definition) is 4. The summed E-state index contributed by atoms with van der Waals surface area (Å²) >= 11 is 1.53. The number of nitrogens with zero attached hydrogens (tertiary/aromatic N) is 3. The fourth-order valence-corrected chi connectivity index (χ4v) is 3.68. The van der Waals surface area contributed by atoms with E-state index in [1.165, 1.54) is 24.2 Å². The van der Waals surface area contributed by atoms with Crippen LogP contribution in [-0.4, -0.2) is 44.8 Å². The maximum Gasteiger partial charge on any atom is 0.291 e. The van der Waals surface area contributed by atoms with Crippen molar-refractivity contribution in [3.8, 4) is 0 Å². The molecule has 1 N–H and O–H groups in total. The summed E-state index contributed by atoms with van der Waals surface area (Å²) in [7, 11) is 0. The van der Waals surface area contributed by atoms with E-state index in [4.69, 9.17) is 0 Å². The predicted octanol–water partition coefficient (Wildman–Crippen LogP) is 2.40. The monoisotopic (exact) mass is 324 g/mol.